The molecule has 2 rings (SSSR count). The highest BCUT2D eigenvalue weighted by Crippen LogP contribution is 2.39. The normalized spacial score (nSPS) is 37.9. The lowest BCUT2D eigenvalue weighted by Gasteiger charge is -2.41. The molecule has 22 heavy (non-hydrogen) atoms. The van der Waals surface area contributed by atoms with Crippen molar-refractivity contribution in [2.24, 2.45) is 11.3 Å². The predicted octanol–water partition coefficient (Wildman–Crippen LogP) is 3.84. The summed E-state index contributed by atoms with van der Waals surface area (Å²) in [4.78, 5) is 2.46. The summed E-state index contributed by atoms with van der Waals surface area (Å²) < 4.78 is 6.09. The molecule has 3 nitrogen and oxygen atoms in total. The summed E-state index contributed by atoms with van der Waals surface area (Å²) >= 11 is 0. The van der Waals surface area contributed by atoms with E-state index in [1.165, 1.54) is 25.7 Å². The van der Waals surface area contributed by atoms with Crippen LogP contribution in [0.2, 0.25) is 0 Å². The van der Waals surface area contributed by atoms with Crippen molar-refractivity contribution in [2.75, 3.05) is 13.2 Å². The summed E-state index contributed by atoms with van der Waals surface area (Å²) in [5.74, 6) is 0.730. The lowest BCUT2D eigenvalue weighted by Crippen LogP contribution is -2.48. The third-order valence-electron chi connectivity index (χ3n) is 5.67. The number of hydrogen-bond acceptors (Lipinski definition) is 3. The molecule has 0 bridgehead atoms. The molecule has 3 heteroatoms. The van der Waals surface area contributed by atoms with Gasteiger partial charge in [0.2, 0.25) is 0 Å². The van der Waals surface area contributed by atoms with E-state index in [1.54, 1.807) is 0 Å². The molecule has 0 unspecified atom stereocenters. The first-order valence-corrected chi connectivity index (χ1v) is 9.32. The third kappa shape index (κ3) is 5.21. The van der Waals surface area contributed by atoms with Crippen molar-refractivity contribution in [2.45, 2.75) is 97.4 Å². The molecule has 1 saturated heterocycles. The molecule has 0 aromatic rings. The van der Waals surface area contributed by atoms with E-state index in [-0.39, 0.29) is 6.10 Å². The van der Waals surface area contributed by atoms with Crippen LogP contribution in [0.5, 0.6) is 0 Å². The van der Waals surface area contributed by atoms with E-state index in [4.69, 9.17) is 4.74 Å². The van der Waals surface area contributed by atoms with Gasteiger partial charge in [-0.25, -0.2) is 0 Å². The Bertz CT molecular complexity index is 334. The quantitative estimate of drug-likeness (QED) is 0.837. The van der Waals surface area contributed by atoms with Gasteiger partial charge in [-0.1, -0.05) is 27.2 Å². The van der Waals surface area contributed by atoms with Crippen LogP contribution >= 0.6 is 0 Å². The summed E-state index contributed by atoms with van der Waals surface area (Å²) in [6.45, 7) is 12.8. The van der Waals surface area contributed by atoms with E-state index >= 15 is 0 Å². The van der Waals surface area contributed by atoms with Gasteiger partial charge < -0.3 is 9.84 Å². The van der Waals surface area contributed by atoms with E-state index in [1.807, 2.05) is 0 Å². The molecule has 0 amide bonds. The minimum absolute atomic E-state index is 0.324. The maximum absolute atomic E-state index is 10.4. The molecule has 2 aliphatic rings. The van der Waals surface area contributed by atoms with Crippen molar-refractivity contribution >= 4 is 0 Å². The fourth-order valence-electron chi connectivity index (χ4n) is 4.76. The van der Waals surface area contributed by atoms with Crippen LogP contribution < -0.4 is 0 Å². The zero-order chi connectivity index (χ0) is 16.3. The SMILES string of the molecule is C[C@H]1C[C@@H](OC[C@@H](O)CN2[C@@H](C)CCC[C@@H]2C)CC(C)(C)C1. The summed E-state index contributed by atoms with van der Waals surface area (Å²) in [6, 6.07) is 1.18. The van der Waals surface area contributed by atoms with Gasteiger partial charge in [0.05, 0.1) is 18.8 Å². The zero-order valence-corrected chi connectivity index (χ0v) is 15.3. The van der Waals surface area contributed by atoms with Gasteiger partial charge in [-0.2, -0.15) is 0 Å². The second-order valence-corrected chi connectivity index (χ2v) is 8.85. The van der Waals surface area contributed by atoms with E-state index < -0.39 is 0 Å². The van der Waals surface area contributed by atoms with Crippen molar-refractivity contribution in [1.29, 1.82) is 0 Å². The third-order valence-corrected chi connectivity index (χ3v) is 5.67. The van der Waals surface area contributed by atoms with Gasteiger partial charge >= 0.3 is 0 Å². The molecule has 0 aromatic carbocycles. The maximum atomic E-state index is 10.4. The van der Waals surface area contributed by atoms with Crippen LogP contribution in [0.3, 0.4) is 0 Å². The van der Waals surface area contributed by atoms with E-state index in [0.717, 1.165) is 25.3 Å². The molecular formula is C19H37NO2. The Morgan fingerprint density at radius 1 is 1.14 bits per heavy atom. The number of likely N-dealkylation sites (tertiary alicyclic amines) is 1. The predicted molar refractivity (Wildman–Crippen MR) is 92.0 cm³/mol. The van der Waals surface area contributed by atoms with Crippen molar-refractivity contribution < 1.29 is 9.84 Å². The van der Waals surface area contributed by atoms with Crippen LogP contribution in [-0.4, -0.2) is 47.4 Å². The average Bonchev–Trinajstić information content (AvgIpc) is 2.38. The first kappa shape index (κ1) is 18.2. The number of rotatable bonds is 5. The highest BCUT2D eigenvalue weighted by molar-refractivity contribution is 4.84. The zero-order valence-electron chi connectivity index (χ0n) is 15.3. The molecule has 1 saturated carbocycles. The minimum atomic E-state index is -0.358. The van der Waals surface area contributed by atoms with Crippen LogP contribution in [0.4, 0.5) is 0 Å². The Morgan fingerprint density at radius 3 is 2.36 bits per heavy atom. The van der Waals surface area contributed by atoms with Gasteiger partial charge in [0, 0.05) is 18.6 Å². The van der Waals surface area contributed by atoms with E-state index in [0.29, 0.717) is 30.2 Å². The first-order chi connectivity index (χ1) is 10.3. The van der Waals surface area contributed by atoms with Crippen LogP contribution in [0, 0.1) is 11.3 Å². The monoisotopic (exact) mass is 311 g/mol. The summed E-state index contributed by atoms with van der Waals surface area (Å²) in [5.41, 5.74) is 0.378. The highest BCUT2D eigenvalue weighted by atomic mass is 16.5. The molecule has 2 fully saturated rings. The minimum Gasteiger partial charge on any atom is -0.389 e. The highest BCUT2D eigenvalue weighted by Gasteiger charge is 2.33. The maximum Gasteiger partial charge on any atom is 0.0900 e. The summed E-state index contributed by atoms with van der Waals surface area (Å²) in [7, 11) is 0. The molecule has 1 N–H and O–H groups in total. The molecule has 5 atom stereocenters. The Morgan fingerprint density at radius 2 is 1.77 bits per heavy atom. The molecule has 1 aliphatic carbocycles. The topological polar surface area (TPSA) is 32.7 Å². The molecule has 0 spiro atoms. The molecule has 0 radical (unpaired) electrons. The van der Waals surface area contributed by atoms with Crippen molar-refractivity contribution in [3.63, 3.8) is 0 Å². The largest absolute Gasteiger partial charge is 0.389 e. The summed E-state index contributed by atoms with van der Waals surface area (Å²) in [6.07, 6.45) is 7.36. The second-order valence-electron chi connectivity index (χ2n) is 8.85. The van der Waals surface area contributed by atoms with E-state index in [2.05, 4.69) is 39.5 Å². The number of aliphatic hydroxyl groups excluding tert-OH is 1. The van der Waals surface area contributed by atoms with Gasteiger partial charge in [0.15, 0.2) is 0 Å². The molecule has 1 aliphatic heterocycles. The molecular weight excluding hydrogens is 274 g/mol. The fraction of sp³-hybridized carbons (Fsp3) is 1.00. The number of β-amino-alcohol motifs (C(OH)–C–C–N with tert-alkyl or cyclic N) is 1. The number of hydrogen-bond donors (Lipinski definition) is 1. The first-order valence-electron chi connectivity index (χ1n) is 9.32. The lowest BCUT2D eigenvalue weighted by atomic mass is 9.71. The van der Waals surface area contributed by atoms with Crippen LogP contribution in [0.1, 0.15) is 73.1 Å². The standard InChI is InChI=1S/C19H37NO2/c1-14-9-18(11-19(4,5)10-14)22-13-17(21)12-20-15(2)7-6-8-16(20)3/h14-18,21H,6-13H2,1-5H3/t14-,15-,16-,17-,18+/m0/s1. The number of nitrogens with zero attached hydrogens (tertiary/aromatic N) is 1. The van der Waals surface area contributed by atoms with Crippen molar-refractivity contribution in [3.05, 3.63) is 0 Å². The average molecular weight is 312 g/mol. The van der Waals surface area contributed by atoms with Gasteiger partial charge in [-0.3, -0.25) is 4.90 Å². The van der Waals surface area contributed by atoms with Crippen LogP contribution in [0.25, 0.3) is 0 Å². The second kappa shape index (κ2) is 7.63. The smallest absolute Gasteiger partial charge is 0.0900 e. The Balaban J connectivity index is 1.76. The lowest BCUT2D eigenvalue weighted by molar-refractivity contribution is -0.0680. The summed E-state index contributed by atoms with van der Waals surface area (Å²) in [5, 5.41) is 10.4. The van der Waals surface area contributed by atoms with Crippen molar-refractivity contribution in [1.82, 2.24) is 4.90 Å². The molecule has 0 aromatic heterocycles. The number of aliphatic hydroxyl groups is 1. The molecule has 130 valence electrons. The van der Waals surface area contributed by atoms with Crippen LogP contribution in [0.15, 0.2) is 0 Å². The van der Waals surface area contributed by atoms with Crippen LogP contribution in [-0.2, 0) is 4.74 Å². The van der Waals surface area contributed by atoms with Gasteiger partial charge in [-0.05, 0) is 57.3 Å². The van der Waals surface area contributed by atoms with Crippen molar-refractivity contribution in [3.8, 4) is 0 Å². The molecule has 1 heterocycles. The van der Waals surface area contributed by atoms with Gasteiger partial charge in [-0.15, -0.1) is 0 Å². The van der Waals surface area contributed by atoms with Gasteiger partial charge in [0.1, 0.15) is 0 Å². The Kier molecular flexibility index (Phi) is 6.32. The number of ether oxygens (including phenoxy) is 1. The number of piperidine rings is 1. The van der Waals surface area contributed by atoms with Gasteiger partial charge in [0.25, 0.3) is 0 Å². The Labute approximate surface area is 137 Å². The van der Waals surface area contributed by atoms with E-state index in [9.17, 15) is 5.11 Å². The Hall–Kier alpha value is -0.120. The fourth-order valence-corrected chi connectivity index (χ4v) is 4.76.